The summed E-state index contributed by atoms with van der Waals surface area (Å²) in [5.41, 5.74) is 17.8. The molecule has 3 aromatic heterocycles. The van der Waals surface area contributed by atoms with Crippen LogP contribution in [-0.2, 0) is 5.41 Å². The van der Waals surface area contributed by atoms with Crippen LogP contribution in [0.15, 0.2) is 186 Å². The normalized spacial score (nSPS) is 13.2. The summed E-state index contributed by atoms with van der Waals surface area (Å²) >= 11 is 0. The van der Waals surface area contributed by atoms with E-state index in [0.29, 0.717) is 0 Å². The van der Waals surface area contributed by atoms with Crippen molar-refractivity contribution in [3.05, 3.63) is 193 Å². The van der Waals surface area contributed by atoms with Crippen LogP contribution in [0.5, 0.6) is 0 Å². The Morgan fingerprint density at radius 3 is 2.11 bits per heavy atom. The van der Waals surface area contributed by atoms with Crippen molar-refractivity contribution in [1.82, 2.24) is 14.0 Å². The van der Waals surface area contributed by atoms with Crippen molar-refractivity contribution in [2.45, 2.75) is 19.3 Å². The number of furan rings is 1. The van der Waals surface area contributed by atoms with E-state index in [0.717, 1.165) is 83.7 Å². The fourth-order valence-electron chi connectivity index (χ4n) is 9.40. The maximum Gasteiger partial charge on any atom is 0.220 e. The lowest BCUT2D eigenvalue weighted by atomic mass is 9.82. The largest absolute Gasteiger partial charge is 0.455 e. The Morgan fingerprint density at radius 2 is 1.21 bits per heavy atom. The Balaban J connectivity index is 1.03. The van der Waals surface area contributed by atoms with Crippen LogP contribution in [0.1, 0.15) is 25.0 Å². The van der Waals surface area contributed by atoms with E-state index in [1.807, 2.05) is 12.1 Å². The fraction of sp³-hybridized carbons (Fsp3) is 0.0577. The predicted molar refractivity (Wildman–Crippen MR) is 234 cm³/mol. The Bertz CT molecular complexity index is 3380. The summed E-state index contributed by atoms with van der Waals surface area (Å²) in [6, 6.07) is 65.1. The van der Waals surface area contributed by atoms with Gasteiger partial charge in [-0.15, -0.1) is 0 Å². The lowest BCUT2D eigenvalue weighted by Gasteiger charge is -2.26. The second-order valence-corrected chi connectivity index (χ2v) is 15.6. The van der Waals surface area contributed by atoms with E-state index in [2.05, 4.69) is 198 Å². The first-order chi connectivity index (χ1) is 28.0. The molecule has 12 rings (SSSR count). The minimum atomic E-state index is -0.112. The Morgan fingerprint density at radius 1 is 0.509 bits per heavy atom. The fourth-order valence-corrected chi connectivity index (χ4v) is 9.40. The zero-order valence-electron chi connectivity index (χ0n) is 31.5. The predicted octanol–water partition coefficient (Wildman–Crippen LogP) is 13.8. The highest BCUT2D eigenvalue weighted by molar-refractivity contribution is 6.09. The Hall–Kier alpha value is -7.37. The van der Waals surface area contributed by atoms with Gasteiger partial charge in [0.15, 0.2) is 0 Å². The van der Waals surface area contributed by atoms with Crippen molar-refractivity contribution >= 4 is 66.8 Å². The van der Waals surface area contributed by atoms with Gasteiger partial charge in [0.2, 0.25) is 5.78 Å². The minimum absolute atomic E-state index is 0.112. The molecule has 8 aromatic carbocycles. The molecule has 57 heavy (non-hydrogen) atoms. The van der Waals surface area contributed by atoms with E-state index in [9.17, 15) is 0 Å². The first-order valence-corrected chi connectivity index (χ1v) is 19.6. The van der Waals surface area contributed by atoms with Crippen molar-refractivity contribution in [2.24, 2.45) is 0 Å². The molecule has 3 heterocycles. The van der Waals surface area contributed by atoms with Gasteiger partial charge in [-0.2, -0.15) is 0 Å². The minimum Gasteiger partial charge on any atom is -0.455 e. The number of imidazole rings is 2. The molecule has 0 radical (unpaired) electrons. The van der Waals surface area contributed by atoms with Gasteiger partial charge in [-0.25, -0.2) is 4.98 Å². The van der Waals surface area contributed by atoms with Crippen molar-refractivity contribution in [1.29, 1.82) is 0 Å². The zero-order chi connectivity index (χ0) is 37.8. The van der Waals surface area contributed by atoms with Gasteiger partial charge >= 0.3 is 0 Å². The van der Waals surface area contributed by atoms with Crippen molar-refractivity contribution in [2.75, 3.05) is 4.90 Å². The van der Waals surface area contributed by atoms with Crippen LogP contribution >= 0.6 is 0 Å². The lowest BCUT2D eigenvalue weighted by molar-refractivity contribution is 0.660. The molecule has 0 atom stereocenters. The van der Waals surface area contributed by atoms with Gasteiger partial charge in [0, 0.05) is 44.5 Å². The molecule has 1 aliphatic carbocycles. The smallest absolute Gasteiger partial charge is 0.220 e. The monoisotopic (exact) mass is 732 g/mol. The molecule has 1 aliphatic rings. The number of nitrogens with zero attached hydrogens (tertiary/aromatic N) is 4. The molecular weight excluding hydrogens is 697 g/mol. The molecule has 11 aromatic rings. The quantitative estimate of drug-likeness (QED) is 0.177. The first-order valence-electron chi connectivity index (χ1n) is 19.6. The number of para-hydroxylation sites is 5. The summed E-state index contributed by atoms with van der Waals surface area (Å²) in [4.78, 5) is 7.60. The Labute approximate surface area is 329 Å². The molecule has 270 valence electrons. The SMILES string of the molecule is CC1(C)c2ccccc2-c2ccc(-n3c4ccc(N(c5ccccc5)c5ccc(-c6cccc7c6oc6ccccc67)cc5)cc4n4c5ccccc5nc34)cc21. The summed E-state index contributed by atoms with van der Waals surface area (Å²) in [7, 11) is 0. The third-order valence-electron chi connectivity index (χ3n) is 12.1. The zero-order valence-corrected chi connectivity index (χ0v) is 31.5. The van der Waals surface area contributed by atoms with E-state index >= 15 is 0 Å². The molecular formula is C52H36N4O. The third kappa shape index (κ3) is 4.60. The molecule has 0 spiro atoms. The number of anilines is 3. The Kier molecular flexibility index (Phi) is 6.62. The van der Waals surface area contributed by atoms with Gasteiger partial charge in [-0.1, -0.05) is 123 Å². The molecule has 0 bridgehead atoms. The maximum absolute atomic E-state index is 6.41. The van der Waals surface area contributed by atoms with Crippen LogP contribution < -0.4 is 4.90 Å². The van der Waals surface area contributed by atoms with Crippen molar-refractivity contribution < 1.29 is 4.42 Å². The standard InChI is InChI=1S/C52H36N4O/c1-52(2)43-19-8-6-15-39(43)40-29-27-36(31-44(40)52)55-47-30-28-37(32-48(47)56-46-21-10-9-20-45(46)53-51(55)56)54(34-13-4-3-5-14-34)35-25-23-33(24-26-35)38-17-12-18-42-41-16-7-11-22-49(41)57-50(38)42/h3-32H,1-2H3. The number of benzene rings is 8. The number of fused-ring (bicyclic) bond motifs is 11. The molecule has 0 N–H and O–H groups in total. The van der Waals surface area contributed by atoms with Crippen LogP contribution in [-0.4, -0.2) is 14.0 Å². The molecule has 0 saturated heterocycles. The molecule has 0 aliphatic heterocycles. The first kappa shape index (κ1) is 31.9. The summed E-state index contributed by atoms with van der Waals surface area (Å²) < 4.78 is 11.1. The van der Waals surface area contributed by atoms with E-state index < -0.39 is 0 Å². The molecule has 0 fully saturated rings. The van der Waals surface area contributed by atoms with Crippen molar-refractivity contribution in [3.63, 3.8) is 0 Å². The average molecular weight is 733 g/mol. The number of hydrogen-bond acceptors (Lipinski definition) is 3. The van der Waals surface area contributed by atoms with Crippen LogP contribution in [0.25, 0.3) is 77.7 Å². The summed E-state index contributed by atoms with van der Waals surface area (Å²) in [5, 5.41) is 2.26. The van der Waals surface area contributed by atoms with E-state index in [1.54, 1.807) is 0 Å². The van der Waals surface area contributed by atoms with Gasteiger partial charge in [-0.3, -0.25) is 8.97 Å². The highest BCUT2D eigenvalue weighted by atomic mass is 16.3. The topological polar surface area (TPSA) is 38.6 Å². The number of aromatic nitrogens is 3. The highest BCUT2D eigenvalue weighted by Crippen LogP contribution is 2.49. The van der Waals surface area contributed by atoms with Gasteiger partial charge in [0.1, 0.15) is 11.2 Å². The van der Waals surface area contributed by atoms with E-state index in [1.165, 1.54) is 22.3 Å². The molecule has 0 unspecified atom stereocenters. The molecule has 0 amide bonds. The van der Waals surface area contributed by atoms with Crippen LogP contribution in [0.4, 0.5) is 17.1 Å². The maximum atomic E-state index is 6.41. The average Bonchev–Trinajstić information content (AvgIpc) is 3.98. The molecule has 5 nitrogen and oxygen atoms in total. The summed E-state index contributed by atoms with van der Waals surface area (Å²) in [6.45, 7) is 4.68. The second kappa shape index (κ2) is 11.8. The third-order valence-corrected chi connectivity index (χ3v) is 12.1. The van der Waals surface area contributed by atoms with E-state index in [-0.39, 0.29) is 5.41 Å². The number of rotatable bonds is 5. The van der Waals surface area contributed by atoms with Crippen molar-refractivity contribution in [3.8, 4) is 27.9 Å². The van der Waals surface area contributed by atoms with Gasteiger partial charge < -0.3 is 9.32 Å². The van der Waals surface area contributed by atoms with Crippen LogP contribution in [0.2, 0.25) is 0 Å². The summed E-state index contributed by atoms with van der Waals surface area (Å²) in [5.74, 6) is 0.895. The van der Waals surface area contributed by atoms with Gasteiger partial charge in [0.25, 0.3) is 0 Å². The highest BCUT2D eigenvalue weighted by Gasteiger charge is 2.35. The van der Waals surface area contributed by atoms with Crippen LogP contribution in [0, 0.1) is 0 Å². The van der Waals surface area contributed by atoms with Gasteiger partial charge in [-0.05, 0) is 101 Å². The number of hydrogen-bond donors (Lipinski definition) is 0. The van der Waals surface area contributed by atoms with E-state index in [4.69, 9.17) is 9.40 Å². The molecule has 0 saturated carbocycles. The summed E-state index contributed by atoms with van der Waals surface area (Å²) in [6.07, 6.45) is 0. The molecule has 5 heteroatoms. The van der Waals surface area contributed by atoms with Gasteiger partial charge in [0.05, 0.1) is 22.1 Å². The lowest BCUT2D eigenvalue weighted by Crippen LogP contribution is -2.15. The second-order valence-electron chi connectivity index (χ2n) is 15.6. The van der Waals surface area contributed by atoms with Crippen LogP contribution in [0.3, 0.4) is 0 Å².